The van der Waals surface area contributed by atoms with Crippen molar-refractivity contribution in [3.05, 3.63) is 0 Å². The van der Waals surface area contributed by atoms with E-state index in [-0.39, 0.29) is 6.61 Å². The van der Waals surface area contributed by atoms with Crippen LogP contribution in [0.25, 0.3) is 0 Å². The summed E-state index contributed by atoms with van der Waals surface area (Å²) in [5.74, 6) is 0. The molecule has 0 fully saturated rings. The maximum absolute atomic E-state index is 7.57. The molecule has 0 rings (SSSR count). The first-order valence-corrected chi connectivity index (χ1v) is 8.12. The average molecular weight is 252 g/mol. The van der Waals surface area contributed by atoms with E-state index in [9.17, 15) is 0 Å². The van der Waals surface area contributed by atoms with Crippen LogP contribution in [-0.2, 0) is 13.3 Å². The standard InChI is InChI=1S/C9H22O3Si.C2H6O/c1-5-9-13(10-6-2,11-7-3)12-8-4;1-2-3/h5-9H2,1-4H3;3H,2H2,1H3. The first-order chi connectivity index (χ1) is 7.66. The van der Waals surface area contributed by atoms with E-state index in [0.29, 0.717) is 19.8 Å². The summed E-state index contributed by atoms with van der Waals surface area (Å²) in [6.45, 7) is 12.0. The third-order valence-corrected chi connectivity index (χ3v) is 4.95. The molecule has 100 valence electrons. The van der Waals surface area contributed by atoms with Crippen molar-refractivity contribution in [2.24, 2.45) is 0 Å². The fraction of sp³-hybridized carbons (Fsp3) is 1.00. The normalized spacial score (nSPS) is 10.9. The number of hydrogen-bond acceptors (Lipinski definition) is 4. The molecule has 0 amide bonds. The molecule has 0 aromatic rings. The van der Waals surface area contributed by atoms with Gasteiger partial charge in [-0.1, -0.05) is 13.3 Å². The van der Waals surface area contributed by atoms with Crippen LogP contribution >= 0.6 is 0 Å². The van der Waals surface area contributed by atoms with Crippen LogP contribution < -0.4 is 0 Å². The van der Waals surface area contributed by atoms with Crippen LogP contribution in [0.4, 0.5) is 0 Å². The molecule has 0 heterocycles. The van der Waals surface area contributed by atoms with E-state index < -0.39 is 8.80 Å². The molecular formula is C11H28O4Si. The Kier molecular flexibility index (Phi) is 15.1. The zero-order chi connectivity index (χ0) is 12.9. The molecule has 0 radical (unpaired) electrons. The Hall–Kier alpha value is 0.0569. The predicted octanol–water partition coefficient (Wildman–Crippen LogP) is 2.44. The highest BCUT2D eigenvalue weighted by atomic mass is 28.4. The van der Waals surface area contributed by atoms with E-state index in [1.54, 1.807) is 6.92 Å². The summed E-state index contributed by atoms with van der Waals surface area (Å²) in [5.41, 5.74) is 0. The van der Waals surface area contributed by atoms with Crippen LogP contribution in [0.15, 0.2) is 0 Å². The van der Waals surface area contributed by atoms with Gasteiger partial charge in [0.2, 0.25) is 0 Å². The van der Waals surface area contributed by atoms with Crippen LogP contribution in [-0.4, -0.2) is 40.3 Å². The van der Waals surface area contributed by atoms with Gasteiger partial charge in [0.1, 0.15) is 0 Å². The molecule has 0 saturated carbocycles. The topological polar surface area (TPSA) is 47.9 Å². The Morgan fingerprint density at radius 1 is 0.812 bits per heavy atom. The molecular weight excluding hydrogens is 224 g/mol. The summed E-state index contributed by atoms with van der Waals surface area (Å²) >= 11 is 0. The molecule has 0 aliphatic rings. The van der Waals surface area contributed by atoms with Crippen LogP contribution in [0.1, 0.15) is 41.0 Å². The van der Waals surface area contributed by atoms with Gasteiger partial charge in [0.25, 0.3) is 0 Å². The van der Waals surface area contributed by atoms with E-state index >= 15 is 0 Å². The van der Waals surface area contributed by atoms with Crippen molar-refractivity contribution in [2.45, 2.75) is 47.1 Å². The summed E-state index contributed by atoms with van der Waals surface area (Å²) in [7, 11) is -2.30. The molecule has 0 aromatic heterocycles. The molecule has 0 aromatic carbocycles. The summed E-state index contributed by atoms with van der Waals surface area (Å²) in [4.78, 5) is 0. The van der Waals surface area contributed by atoms with Crippen LogP contribution in [0, 0.1) is 0 Å². The van der Waals surface area contributed by atoms with Gasteiger partial charge >= 0.3 is 8.80 Å². The van der Waals surface area contributed by atoms with E-state index in [0.717, 1.165) is 12.5 Å². The number of hydrogen-bond donors (Lipinski definition) is 1. The van der Waals surface area contributed by atoms with E-state index in [1.807, 2.05) is 20.8 Å². The summed E-state index contributed by atoms with van der Waals surface area (Å²) in [6.07, 6.45) is 1.05. The third kappa shape index (κ3) is 9.29. The lowest BCUT2D eigenvalue weighted by molar-refractivity contribution is 0.0712. The van der Waals surface area contributed by atoms with Crippen molar-refractivity contribution < 1.29 is 18.4 Å². The minimum absolute atomic E-state index is 0.250. The molecule has 0 atom stereocenters. The second kappa shape index (κ2) is 13.1. The van der Waals surface area contributed by atoms with Gasteiger partial charge in [-0.25, -0.2) is 0 Å². The van der Waals surface area contributed by atoms with Crippen LogP contribution in [0.3, 0.4) is 0 Å². The molecule has 0 spiro atoms. The molecule has 16 heavy (non-hydrogen) atoms. The van der Waals surface area contributed by atoms with E-state index in [1.165, 1.54) is 0 Å². The number of rotatable bonds is 8. The molecule has 5 heteroatoms. The van der Waals surface area contributed by atoms with Crippen LogP contribution in [0.5, 0.6) is 0 Å². The fourth-order valence-corrected chi connectivity index (χ4v) is 3.92. The molecule has 4 nitrogen and oxygen atoms in total. The zero-order valence-electron chi connectivity index (χ0n) is 11.4. The summed E-state index contributed by atoms with van der Waals surface area (Å²) in [6, 6.07) is 0.919. The fourth-order valence-electron chi connectivity index (χ4n) is 1.31. The molecule has 0 unspecified atom stereocenters. The van der Waals surface area contributed by atoms with E-state index in [2.05, 4.69) is 6.92 Å². The van der Waals surface area contributed by atoms with E-state index in [4.69, 9.17) is 18.4 Å². The molecule has 0 saturated heterocycles. The minimum atomic E-state index is -2.30. The van der Waals surface area contributed by atoms with Gasteiger partial charge < -0.3 is 18.4 Å². The van der Waals surface area contributed by atoms with Gasteiger partial charge in [0.15, 0.2) is 0 Å². The third-order valence-electron chi connectivity index (χ3n) is 1.65. The second-order valence-corrected chi connectivity index (χ2v) is 5.78. The van der Waals surface area contributed by atoms with Crippen molar-refractivity contribution >= 4 is 8.80 Å². The minimum Gasteiger partial charge on any atom is -0.397 e. The second-order valence-electron chi connectivity index (χ2n) is 3.05. The van der Waals surface area contributed by atoms with Crippen molar-refractivity contribution in [1.29, 1.82) is 0 Å². The SMILES string of the molecule is CCC[Si](OCC)(OCC)OCC.CCO. The lowest BCUT2D eigenvalue weighted by Gasteiger charge is -2.27. The Bertz CT molecular complexity index is 104. The number of aliphatic hydroxyl groups excluding tert-OH is 1. The van der Waals surface area contributed by atoms with Gasteiger partial charge in [0.05, 0.1) is 0 Å². The van der Waals surface area contributed by atoms with Gasteiger partial charge in [-0.3, -0.25) is 0 Å². The lowest BCUT2D eigenvalue weighted by atomic mass is 10.6. The monoisotopic (exact) mass is 252 g/mol. The van der Waals surface area contributed by atoms with Crippen LogP contribution in [0.2, 0.25) is 6.04 Å². The lowest BCUT2D eigenvalue weighted by Crippen LogP contribution is -2.45. The van der Waals surface area contributed by atoms with Crippen molar-refractivity contribution in [1.82, 2.24) is 0 Å². The van der Waals surface area contributed by atoms with Crippen molar-refractivity contribution in [3.63, 3.8) is 0 Å². The van der Waals surface area contributed by atoms with Crippen molar-refractivity contribution in [3.8, 4) is 0 Å². The van der Waals surface area contributed by atoms with Gasteiger partial charge in [-0.05, 0) is 27.7 Å². The highest BCUT2D eigenvalue weighted by Gasteiger charge is 2.38. The van der Waals surface area contributed by atoms with Gasteiger partial charge in [-0.15, -0.1) is 0 Å². The highest BCUT2D eigenvalue weighted by Crippen LogP contribution is 2.17. The molecule has 1 N–H and O–H groups in total. The Morgan fingerprint density at radius 3 is 1.31 bits per heavy atom. The van der Waals surface area contributed by atoms with Gasteiger partial charge in [-0.2, -0.15) is 0 Å². The molecule has 0 aliphatic carbocycles. The summed E-state index contributed by atoms with van der Waals surface area (Å²) < 4.78 is 16.9. The Balaban J connectivity index is 0. The molecule has 0 bridgehead atoms. The van der Waals surface area contributed by atoms with Gasteiger partial charge in [0, 0.05) is 32.5 Å². The smallest absolute Gasteiger partial charge is 0.397 e. The largest absolute Gasteiger partial charge is 0.500 e. The Labute approximate surface area is 101 Å². The summed E-state index contributed by atoms with van der Waals surface area (Å²) in [5, 5.41) is 7.57. The Morgan fingerprint density at radius 2 is 1.12 bits per heavy atom. The first-order valence-electron chi connectivity index (χ1n) is 6.18. The first kappa shape index (κ1) is 18.4. The number of aliphatic hydroxyl groups is 1. The predicted molar refractivity (Wildman–Crippen MR) is 68.5 cm³/mol. The maximum atomic E-state index is 7.57. The highest BCUT2D eigenvalue weighted by molar-refractivity contribution is 6.60. The zero-order valence-corrected chi connectivity index (χ0v) is 12.4. The average Bonchev–Trinajstić information content (AvgIpc) is 2.20. The quantitative estimate of drug-likeness (QED) is 0.674. The molecule has 0 aliphatic heterocycles. The maximum Gasteiger partial charge on any atom is 0.500 e. The van der Waals surface area contributed by atoms with Crippen molar-refractivity contribution in [2.75, 3.05) is 26.4 Å².